The molecule has 0 saturated carbocycles. The Morgan fingerprint density at radius 2 is 1.73 bits per heavy atom. The van der Waals surface area contributed by atoms with E-state index in [-0.39, 0.29) is 0 Å². The van der Waals surface area contributed by atoms with Crippen LogP contribution in [0.5, 0.6) is 0 Å². The lowest BCUT2D eigenvalue weighted by molar-refractivity contribution is 0.740. The highest BCUT2D eigenvalue weighted by Gasteiger charge is 2.07. The molecule has 0 amide bonds. The molecule has 0 atom stereocenters. The third-order valence-corrected chi connectivity index (χ3v) is 4.04. The van der Waals surface area contributed by atoms with Gasteiger partial charge in [-0.2, -0.15) is 4.98 Å². The van der Waals surface area contributed by atoms with Gasteiger partial charge < -0.3 is 10.6 Å². The van der Waals surface area contributed by atoms with Crippen molar-refractivity contribution in [2.24, 2.45) is 0 Å². The molecule has 5 nitrogen and oxygen atoms in total. The van der Waals surface area contributed by atoms with Crippen LogP contribution in [0.4, 0.5) is 11.8 Å². The minimum Gasteiger partial charge on any atom is -0.364 e. The lowest BCUT2D eigenvalue weighted by Crippen LogP contribution is -2.09. The lowest BCUT2D eigenvalue weighted by Gasteiger charge is -2.11. The van der Waals surface area contributed by atoms with Crippen molar-refractivity contribution in [2.75, 3.05) is 17.2 Å². The third-order valence-electron chi connectivity index (χ3n) is 4.04. The van der Waals surface area contributed by atoms with Gasteiger partial charge in [0.05, 0.1) is 17.9 Å². The van der Waals surface area contributed by atoms with E-state index in [2.05, 4.69) is 44.6 Å². The van der Waals surface area contributed by atoms with Gasteiger partial charge in [0.2, 0.25) is 5.95 Å². The molecule has 0 aliphatic rings. The van der Waals surface area contributed by atoms with E-state index in [4.69, 9.17) is 0 Å². The number of pyridine rings is 1. The summed E-state index contributed by atoms with van der Waals surface area (Å²) in [5.74, 6) is 1.45. The Labute approximate surface area is 154 Å². The van der Waals surface area contributed by atoms with Gasteiger partial charge in [-0.3, -0.25) is 4.98 Å². The topological polar surface area (TPSA) is 62.7 Å². The highest BCUT2D eigenvalue weighted by molar-refractivity contribution is 5.64. The summed E-state index contributed by atoms with van der Waals surface area (Å²) in [7, 11) is 0. The van der Waals surface area contributed by atoms with Gasteiger partial charge >= 0.3 is 0 Å². The van der Waals surface area contributed by atoms with E-state index in [0.717, 1.165) is 35.7 Å². The molecule has 0 aliphatic heterocycles. The third kappa shape index (κ3) is 5.28. The molecular weight excluding hydrogens is 322 g/mol. The molecule has 0 bridgehead atoms. The molecule has 5 heteroatoms. The molecule has 134 valence electrons. The number of rotatable bonds is 9. The van der Waals surface area contributed by atoms with Gasteiger partial charge in [-0.15, -0.1) is 0 Å². The minimum atomic E-state index is 0.626. The van der Waals surface area contributed by atoms with Crippen LogP contribution in [-0.2, 0) is 6.54 Å². The molecule has 26 heavy (non-hydrogen) atoms. The number of hydrogen-bond acceptors (Lipinski definition) is 5. The molecule has 0 aliphatic carbocycles. The fourth-order valence-electron chi connectivity index (χ4n) is 2.63. The quantitative estimate of drug-likeness (QED) is 0.547. The van der Waals surface area contributed by atoms with Gasteiger partial charge in [0, 0.05) is 24.4 Å². The second-order valence-electron chi connectivity index (χ2n) is 6.14. The Morgan fingerprint density at radius 3 is 2.50 bits per heavy atom. The van der Waals surface area contributed by atoms with E-state index in [1.54, 1.807) is 6.20 Å². The minimum absolute atomic E-state index is 0.626. The van der Waals surface area contributed by atoms with E-state index in [0.29, 0.717) is 12.5 Å². The van der Waals surface area contributed by atoms with E-state index < -0.39 is 0 Å². The van der Waals surface area contributed by atoms with Crippen LogP contribution in [0, 0.1) is 0 Å². The zero-order valence-electron chi connectivity index (χ0n) is 15.2. The molecule has 3 aromatic rings. The summed E-state index contributed by atoms with van der Waals surface area (Å²) < 4.78 is 0. The van der Waals surface area contributed by atoms with Crippen LogP contribution < -0.4 is 10.6 Å². The molecule has 1 aromatic carbocycles. The maximum Gasteiger partial charge on any atom is 0.225 e. The number of unbranched alkanes of at least 4 members (excludes halogenated alkanes) is 2. The van der Waals surface area contributed by atoms with Crippen LogP contribution in [0.25, 0.3) is 11.3 Å². The molecule has 2 heterocycles. The fourth-order valence-corrected chi connectivity index (χ4v) is 2.63. The number of anilines is 2. The summed E-state index contributed by atoms with van der Waals surface area (Å²) in [5.41, 5.74) is 2.96. The molecule has 0 fully saturated rings. The largest absolute Gasteiger partial charge is 0.364 e. The number of nitrogens with zero attached hydrogens (tertiary/aromatic N) is 3. The normalized spacial score (nSPS) is 10.5. The van der Waals surface area contributed by atoms with Crippen LogP contribution in [0.15, 0.2) is 60.8 Å². The molecule has 2 aromatic heterocycles. The number of hydrogen-bond donors (Lipinski definition) is 2. The van der Waals surface area contributed by atoms with Crippen molar-refractivity contribution < 1.29 is 0 Å². The first-order valence-electron chi connectivity index (χ1n) is 9.17. The highest BCUT2D eigenvalue weighted by atomic mass is 15.1. The Bertz CT molecular complexity index is 790. The Kier molecular flexibility index (Phi) is 6.53. The molecule has 0 radical (unpaired) electrons. The molecule has 0 spiro atoms. The predicted octanol–water partition coefficient (Wildman–Crippen LogP) is 4.75. The number of nitrogens with one attached hydrogen (secondary N) is 2. The summed E-state index contributed by atoms with van der Waals surface area (Å²) in [6, 6.07) is 18.1. The average molecular weight is 347 g/mol. The van der Waals surface area contributed by atoms with Gasteiger partial charge in [-0.1, -0.05) is 56.2 Å². The highest BCUT2D eigenvalue weighted by Crippen LogP contribution is 2.21. The smallest absolute Gasteiger partial charge is 0.225 e. The zero-order valence-corrected chi connectivity index (χ0v) is 15.2. The Balaban J connectivity index is 1.77. The Morgan fingerprint density at radius 1 is 0.885 bits per heavy atom. The van der Waals surface area contributed by atoms with Crippen LogP contribution in [-0.4, -0.2) is 21.5 Å². The van der Waals surface area contributed by atoms with Crippen LogP contribution in [0.2, 0.25) is 0 Å². The van der Waals surface area contributed by atoms with E-state index in [9.17, 15) is 0 Å². The maximum absolute atomic E-state index is 4.68. The summed E-state index contributed by atoms with van der Waals surface area (Å²) >= 11 is 0. The summed E-state index contributed by atoms with van der Waals surface area (Å²) in [6.45, 7) is 3.71. The van der Waals surface area contributed by atoms with Gasteiger partial charge in [0.25, 0.3) is 0 Å². The van der Waals surface area contributed by atoms with E-state index in [1.165, 1.54) is 12.8 Å². The second kappa shape index (κ2) is 9.51. The average Bonchev–Trinajstić information content (AvgIpc) is 2.71. The number of benzene rings is 1. The zero-order chi connectivity index (χ0) is 18.0. The van der Waals surface area contributed by atoms with E-state index >= 15 is 0 Å². The lowest BCUT2D eigenvalue weighted by atomic mass is 10.1. The molecule has 2 N–H and O–H groups in total. The van der Waals surface area contributed by atoms with Crippen LogP contribution >= 0.6 is 0 Å². The van der Waals surface area contributed by atoms with Crippen molar-refractivity contribution in [2.45, 2.75) is 32.7 Å². The summed E-state index contributed by atoms with van der Waals surface area (Å²) in [4.78, 5) is 13.6. The summed E-state index contributed by atoms with van der Waals surface area (Å²) in [6.07, 6.45) is 5.32. The predicted molar refractivity (Wildman–Crippen MR) is 107 cm³/mol. The SMILES string of the molecule is CCCCCNc1nc(NCc2ccccn2)cc(-c2ccccc2)n1. The van der Waals surface area contributed by atoms with Gasteiger partial charge in [0.1, 0.15) is 5.82 Å². The van der Waals surface area contributed by atoms with Crippen molar-refractivity contribution in [3.05, 3.63) is 66.5 Å². The van der Waals surface area contributed by atoms with Crippen LogP contribution in [0.3, 0.4) is 0 Å². The van der Waals surface area contributed by atoms with Crippen molar-refractivity contribution >= 4 is 11.8 Å². The van der Waals surface area contributed by atoms with Crippen molar-refractivity contribution in [1.29, 1.82) is 0 Å². The number of aromatic nitrogens is 3. The van der Waals surface area contributed by atoms with Crippen LogP contribution in [0.1, 0.15) is 31.9 Å². The fraction of sp³-hybridized carbons (Fsp3) is 0.286. The first kappa shape index (κ1) is 17.9. The Hall–Kier alpha value is -2.95. The van der Waals surface area contributed by atoms with Gasteiger partial charge in [-0.05, 0) is 18.6 Å². The van der Waals surface area contributed by atoms with Crippen molar-refractivity contribution in [1.82, 2.24) is 15.0 Å². The van der Waals surface area contributed by atoms with E-state index in [1.807, 2.05) is 42.5 Å². The van der Waals surface area contributed by atoms with Crippen molar-refractivity contribution in [3.8, 4) is 11.3 Å². The van der Waals surface area contributed by atoms with Gasteiger partial charge in [-0.25, -0.2) is 4.98 Å². The van der Waals surface area contributed by atoms with Gasteiger partial charge in [0.15, 0.2) is 0 Å². The molecule has 0 unspecified atom stereocenters. The molecular formula is C21H25N5. The van der Waals surface area contributed by atoms with Crippen molar-refractivity contribution in [3.63, 3.8) is 0 Å². The second-order valence-corrected chi connectivity index (χ2v) is 6.14. The molecule has 0 saturated heterocycles. The first-order chi connectivity index (χ1) is 12.8. The molecule has 3 rings (SSSR count). The monoisotopic (exact) mass is 347 g/mol. The maximum atomic E-state index is 4.68. The summed E-state index contributed by atoms with van der Waals surface area (Å²) in [5, 5.41) is 6.71. The standard InChI is InChI=1S/C21H25N5/c1-2-3-8-14-23-21-25-19(17-10-5-4-6-11-17)15-20(26-21)24-16-18-12-7-9-13-22-18/h4-7,9-13,15H,2-3,8,14,16H2,1H3,(H2,23,24,25,26). The first-order valence-corrected chi connectivity index (χ1v) is 9.17.